The molecule has 7 heteroatoms. The van der Waals surface area contributed by atoms with Gasteiger partial charge in [-0.2, -0.15) is 0 Å². The van der Waals surface area contributed by atoms with E-state index in [1.54, 1.807) is 11.3 Å². The topological polar surface area (TPSA) is 55.2 Å². The molecule has 1 aromatic carbocycles. The molecule has 0 spiro atoms. The lowest BCUT2D eigenvalue weighted by Gasteiger charge is -2.24. The van der Waals surface area contributed by atoms with Crippen LogP contribution in [-0.4, -0.2) is 11.5 Å². The van der Waals surface area contributed by atoms with Crippen LogP contribution in [0, 0.1) is 21.7 Å². The largest absolute Gasteiger partial charge is 0.379 e. The maximum Gasteiger partial charge on any atom is 0.275 e. The van der Waals surface area contributed by atoms with Gasteiger partial charge in [0.15, 0.2) is 11.6 Å². The van der Waals surface area contributed by atoms with Crippen LogP contribution in [-0.2, 0) is 5.41 Å². The molecule has 0 bridgehead atoms. The summed E-state index contributed by atoms with van der Waals surface area (Å²) in [6.07, 6.45) is 0. The van der Waals surface area contributed by atoms with E-state index in [2.05, 4.69) is 5.32 Å². The average molecular weight is 312 g/mol. The Morgan fingerprint density at radius 3 is 2.43 bits per heavy atom. The van der Waals surface area contributed by atoms with Crippen LogP contribution in [0.3, 0.4) is 0 Å². The van der Waals surface area contributed by atoms with E-state index in [0.717, 1.165) is 4.88 Å². The van der Waals surface area contributed by atoms with Gasteiger partial charge in [-0.25, -0.2) is 8.78 Å². The van der Waals surface area contributed by atoms with E-state index in [9.17, 15) is 18.9 Å². The molecule has 0 atom stereocenters. The van der Waals surface area contributed by atoms with Gasteiger partial charge in [-0.15, -0.1) is 11.3 Å². The van der Waals surface area contributed by atoms with Crippen molar-refractivity contribution >= 4 is 22.7 Å². The molecule has 21 heavy (non-hydrogen) atoms. The monoisotopic (exact) mass is 312 g/mol. The zero-order valence-corrected chi connectivity index (χ0v) is 12.3. The number of nitro groups is 1. The van der Waals surface area contributed by atoms with E-state index in [0.29, 0.717) is 18.7 Å². The summed E-state index contributed by atoms with van der Waals surface area (Å²) in [6.45, 7) is 4.21. The van der Waals surface area contributed by atoms with Gasteiger partial charge >= 0.3 is 0 Å². The Kier molecular flexibility index (Phi) is 4.22. The minimum atomic E-state index is -0.969. The molecule has 1 N–H and O–H groups in total. The average Bonchev–Trinajstić information content (AvgIpc) is 2.91. The van der Waals surface area contributed by atoms with Crippen LogP contribution in [0.25, 0.3) is 0 Å². The van der Waals surface area contributed by atoms with E-state index >= 15 is 0 Å². The Labute approximate surface area is 124 Å². The van der Waals surface area contributed by atoms with E-state index in [1.165, 1.54) is 0 Å². The fourth-order valence-electron chi connectivity index (χ4n) is 1.89. The SMILES string of the molecule is CC(C)(CNc1c(F)cc([N+](=O)[O-])cc1F)c1cccs1. The third-order valence-corrected chi connectivity index (χ3v) is 4.37. The number of rotatable bonds is 5. The second-order valence-corrected chi connectivity index (χ2v) is 6.20. The highest BCUT2D eigenvalue weighted by atomic mass is 32.1. The highest BCUT2D eigenvalue weighted by Gasteiger charge is 2.24. The van der Waals surface area contributed by atoms with Crippen molar-refractivity contribution in [3.8, 4) is 0 Å². The van der Waals surface area contributed by atoms with Crippen molar-refractivity contribution in [2.75, 3.05) is 11.9 Å². The van der Waals surface area contributed by atoms with Crippen LogP contribution in [0.15, 0.2) is 29.6 Å². The lowest BCUT2D eigenvalue weighted by Crippen LogP contribution is -2.27. The number of anilines is 1. The van der Waals surface area contributed by atoms with Crippen LogP contribution in [0.4, 0.5) is 20.2 Å². The molecule has 0 amide bonds. The lowest BCUT2D eigenvalue weighted by atomic mass is 9.91. The minimum Gasteiger partial charge on any atom is -0.379 e. The summed E-state index contributed by atoms with van der Waals surface area (Å²) in [4.78, 5) is 10.8. The number of benzene rings is 1. The molecular formula is C14H14F2N2O2S. The summed E-state index contributed by atoms with van der Waals surface area (Å²) in [7, 11) is 0. The molecule has 1 aromatic heterocycles. The molecule has 0 saturated heterocycles. The quantitative estimate of drug-likeness (QED) is 0.660. The zero-order chi connectivity index (χ0) is 15.6. The van der Waals surface area contributed by atoms with Gasteiger partial charge < -0.3 is 5.32 Å². The van der Waals surface area contributed by atoms with Gasteiger partial charge in [0.2, 0.25) is 0 Å². The first-order valence-electron chi connectivity index (χ1n) is 6.22. The first-order valence-corrected chi connectivity index (χ1v) is 7.10. The predicted octanol–water partition coefficient (Wildman–Crippen LogP) is 4.32. The van der Waals surface area contributed by atoms with E-state index in [-0.39, 0.29) is 11.1 Å². The Bertz CT molecular complexity index is 634. The third kappa shape index (κ3) is 3.36. The number of halogens is 2. The molecule has 0 saturated carbocycles. The Hall–Kier alpha value is -2.02. The summed E-state index contributed by atoms with van der Waals surface area (Å²) in [5.41, 5.74) is -1.26. The molecule has 4 nitrogen and oxygen atoms in total. The van der Waals surface area contributed by atoms with Gasteiger partial charge in [0.05, 0.1) is 17.1 Å². The van der Waals surface area contributed by atoms with Crippen molar-refractivity contribution < 1.29 is 13.7 Å². The van der Waals surface area contributed by atoms with Crippen LogP contribution < -0.4 is 5.32 Å². The lowest BCUT2D eigenvalue weighted by molar-refractivity contribution is -0.385. The van der Waals surface area contributed by atoms with Crippen LogP contribution >= 0.6 is 11.3 Å². The Morgan fingerprint density at radius 2 is 1.95 bits per heavy atom. The molecule has 0 fully saturated rings. The van der Waals surface area contributed by atoms with Gasteiger partial charge in [-0.3, -0.25) is 10.1 Å². The summed E-state index contributed by atoms with van der Waals surface area (Å²) >= 11 is 1.56. The maximum absolute atomic E-state index is 13.8. The fraction of sp³-hybridized carbons (Fsp3) is 0.286. The van der Waals surface area contributed by atoms with Gasteiger partial charge in [0.1, 0.15) is 5.69 Å². The predicted molar refractivity (Wildman–Crippen MR) is 78.8 cm³/mol. The van der Waals surface area contributed by atoms with Gasteiger partial charge in [-0.05, 0) is 11.4 Å². The molecule has 0 radical (unpaired) electrons. The van der Waals surface area contributed by atoms with Crippen molar-refractivity contribution in [1.82, 2.24) is 0 Å². The summed E-state index contributed by atoms with van der Waals surface area (Å²) < 4.78 is 27.6. The number of nitro benzene ring substituents is 1. The van der Waals surface area contributed by atoms with Gasteiger partial charge in [0, 0.05) is 16.8 Å². The van der Waals surface area contributed by atoms with Crippen molar-refractivity contribution in [2.24, 2.45) is 0 Å². The molecular weight excluding hydrogens is 298 g/mol. The second kappa shape index (κ2) is 5.77. The van der Waals surface area contributed by atoms with E-state index in [1.807, 2.05) is 31.4 Å². The van der Waals surface area contributed by atoms with Crippen molar-refractivity contribution in [1.29, 1.82) is 0 Å². The highest BCUT2D eigenvalue weighted by Crippen LogP contribution is 2.30. The molecule has 0 aliphatic rings. The number of hydrogen-bond acceptors (Lipinski definition) is 4. The Morgan fingerprint density at radius 1 is 1.33 bits per heavy atom. The summed E-state index contributed by atoms with van der Waals surface area (Å²) in [5.74, 6) is -1.94. The molecule has 1 heterocycles. The first-order chi connectivity index (χ1) is 9.81. The number of thiophene rings is 1. The van der Waals surface area contributed by atoms with Crippen LogP contribution in [0.1, 0.15) is 18.7 Å². The molecule has 2 aromatic rings. The zero-order valence-electron chi connectivity index (χ0n) is 11.5. The number of hydrogen-bond donors (Lipinski definition) is 1. The van der Waals surface area contributed by atoms with E-state index < -0.39 is 22.2 Å². The fourth-order valence-corrected chi connectivity index (χ4v) is 2.75. The van der Waals surface area contributed by atoms with Crippen LogP contribution in [0.2, 0.25) is 0 Å². The molecule has 2 rings (SSSR count). The van der Waals surface area contributed by atoms with E-state index in [4.69, 9.17) is 0 Å². The smallest absolute Gasteiger partial charge is 0.275 e. The molecule has 0 unspecified atom stereocenters. The molecule has 0 aliphatic heterocycles. The highest BCUT2D eigenvalue weighted by molar-refractivity contribution is 7.10. The van der Waals surface area contributed by atoms with Gasteiger partial charge in [-0.1, -0.05) is 19.9 Å². The number of nitrogens with zero attached hydrogens (tertiary/aromatic N) is 1. The summed E-state index contributed by atoms with van der Waals surface area (Å²) in [6, 6.07) is 5.29. The normalized spacial score (nSPS) is 11.4. The third-order valence-electron chi connectivity index (χ3n) is 3.13. The van der Waals surface area contributed by atoms with Crippen molar-refractivity contribution in [3.05, 3.63) is 56.3 Å². The van der Waals surface area contributed by atoms with Crippen LogP contribution in [0.5, 0.6) is 0 Å². The Balaban J connectivity index is 2.19. The molecule has 112 valence electrons. The summed E-state index contributed by atoms with van der Waals surface area (Å²) in [5, 5.41) is 15.2. The number of nitrogens with one attached hydrogen (secondary N) is 1. The second-order valence-electron chi connectivity index (χ2n) is 5.26. The molecule has 0 aliphatic carbocycles. The van der Waals surface area contributed by atoms with Gasteiger partial charge in [0.25, 0.3) is 5.69 Å². The van der Waals surface area contributed by atoms with Crippen molar-refractivity contribution in [3.63, 3.8) is 0 Å². The standard InChI is InChI=1S/C14H14F2N2O2S/c1-14(2,12-4-3-5-21-12)8-17-13-10(15)6-9(18(19)20)7-11(13)16/h3-7,17H,8H2,1-2H3. The van der Waals surface area contributed by atoms with Crippen molar-refractivity contribution in [2.45, 2.75) is 19.3 Å². The first kappa shape index (κ1) is 15.4. The minimum absolute atomic E-state index is 0.305. The number of non-ortho nitro benzene ring substituents is 1. The maximum atomic E-state index is 13.8.